The van der Waals surface area contributed by atoms with Gasteiger partial charge in [0.05, 0.1) is 32.1 Å². The molecule has 2 aromatic rings. The molecule has 0 amide bonds. The average Bonchev–Trinajstić information content (AvgIpc) is 3.11. The number of hydrogen-bond acceptors (Lipinski definition) is 3. The van der Waals surface area contributed by atoms with Gasteiger partial charge in [-0.15, -0.1) is 0 Å². The van der Waals surface area contributed by atoms with Gasteiger partial charge in [-0.2, -0.15) is 8.42 Å². The van der Waals surface area contributed by atoms with E-state index in [4.69, 9.17) is 4.18 Å². The first-order valence-electron chi connectivity index (χ1n) is 21.1. The molecule has 0 fully saturated rings. The van der Waals surface area contributed by atoms with E-state index < -0.39 is 10.1 Å². The van der Waals surface area contributed by atoms with Crippen molar-refractivity contribution in [3.8, 4) is 0 Å². The van der Waals surface area contributed by atoms with Crippen molar-refractivity contribution in [1.29, 1.82) is 0 Å². The fraction of sp³-hybridized carbons (Fsp3) is 0.733. The molecular formula is C45H80NO3S+. The van der Waals surface area contributed by atoms with E-state index in [1.807, 2.05) is 0 Å². The van der Waals surface area contributed by atoms with E-state index in [0.29, 0.717) is 0 Å². The summed E-state index contributed by atoms with van der Waals surface area (Å²) in [7, 11) is 1.18. The fourth-order valence-corrected chi connectivity index (χ4v) is 7.62. The Labute approximate surface area is 311 Å². The Morgan fingerprint density at radius 2 is 0.800 bits per heavy atom. The molecule has 0 atom stereocenters. The molecule has 0 aliphatic rings. The molecule has 0 spiro atoms. The summed E-state index contributed by atoms with van der Waals surface area (Å²) >= 11 is 0. The quantitative estimate of drug-likeness (QED) is 0.0430. The lowest BCUT2D eigenvalue weighted by Crippen LogP contribution is -2.39. The molecule has 0 aliphatic heterocycles. The van der Waals surface area contributed by atoms with E-state index in [0.717, 1.165) is 23.9 Å². The number of hydrogen-bond donors (Lipinski definition) is 0. The topological polar surface area (TPSA) is 43.4 Å². The first kappa shape index (κ1) is 46.3. The first-order chi connectivity index (χ1) is 24.3. The van der Waals surface area contributed by atoms with Gasteiger partial charge in [0.2, 0.25) is 0 Å². The molecule has 0 unspecified atom stereocenters. The maximum atomic E-state index is 11.9. The van der Waals surface area contributed by atoms with E-state index in [9.17, 15) is 8.42 Å². The van der Waals surface area contributed by atoms with E-state index in [-0.39, 0.29) is 11.5 Å². The van der Waals surface area contributed by atoms with Crippen molar-refractivity contribution in [2.45, 2.75) is 192 Å². The second-order valence-corrected chi connectivity index (χ2v) is 17.0. The van der Waals surface area contributed by atoms with Gasteiger partial charge >= 0.3 is 0 Å². The second kappa shape index (κ2) is 32.0. The summed E-state index contributed by atoms with van der Waals surface area (Å²) in [5, 5.41) is 0. The van der Waals surface area contributed by atoms with Crippen LogP contribution in [0.3, 0.4) is 0 Å². The third-order valence-corrected chi connectivity index (χ3v) is 11.2. The van der Waals surface area contributed by atoms with Crippen LogP contribution in [-0.2, 0) is 20.8 Å². The van der Waals surface area contributed by atoms with Crippen molar-refractivity contribution < 1.29 is 17.1 Å². The third-order valence-electron chi connectivity index (χ3n) is 9.84. The van der Waals surface area contributed by atoms with Gasteiger partial charge in [-0.3, -0.25) is 4.18 Å². The zero-order valence-electron chi connectivity index (χ0n) is 33.4. The lowest BCUT2D eigenvalue weighted by molar-refractivity contribution is -0.903. The van der Waals surface area contributed by atoms with Crippen molar-refractivity contribution in [2.75, 3.05) is 27.2 Å². The Kier molecular flexibility index (Phi) is 29.7. The maximum absolute atomic E-state index is 11.9. The molecule has 0 heterocycles. The Bertz CT molecular complexity index is 1090. The zero-order chi connectivity index (χ0) is 36.4. The predicted octanol–water partition coefficient (Wildman–Crippen LogP) is 13.8. The standard InChI is InChI=1S/C27H50N.C18H30O3S/c1-4-5-6-7-8-9-10-11-12-13-14-15-16-17-18-22-25-28(2,3)26-27-23-20-19-21-24-27;1-2-3-4-5-6-7-8-9-10-14-17-21-22(19,20)18-15-12-11-13-16-18/h19-21,23-24H,4-18,22,25-26H2,1-3H3;11-13,15-16H,2-10,14,17H2,1H3/q+1;. The van der Waals surface area contributed by atoms with Crippen LogP contribution in [0.2, 0.25) is 0 Å². The first-order valence-corrected chi connectivity index (χ1v) is 22.5. The lowest BCUT2D eigenvalue weighted by atomic mass is 10.0. The van der Waals surface area contributed by atoms with Gasteiger partial charge in [-0.05, 0) is 31.4 Å². The molecule has 2 rings (SSSR count). The van der Waals surface area contributed by atoms with Crippen LogP contribution >= 0.6 is 0 Å². The predicted molar refractivity (Wildman–Crippen MR) is 218 cm³/mol. The molecule has 0 saturated heterocycles. The van der Waals surface area contributed by atoms with Crippen molar-refractivity contribution >= 4 is 10.1 Å². The van der Waals surface area contributed by atoms with Crippen LogP contribution in [0, 0.1) is 0 Å². The van der Waals surface area contributed by atoms with Crippen LogP contribution in [0.4, 0.5) is 0 Å². The largest absolute Gasteiger partial charge is 0.325 e. The van der Waals surface area contributed by atoms with Crippen LogP contribution < -0.4 is 0 Å². The highest BCUT2D eigenvalue weighted by Crippen LogP contribution is 2.16. The molecule has 4 nitrogen and oxygen atoms in total. The summed E-state index contributed by atoms with van der Waals surface area (Å²) in [6.07, 6.45) is 35.4. The molecule has 0 N–H and O–H groups in total. The molecular weight excluding hydrogens is 635 g/mol. The molecule has 0 saturated carbocycles. The summed E-state index contributed by atoms with van der Waals surface area (Å²) in [6.45, 7) is 7.27. The number of rotatable bonds is 32. The summed E-state index contributed by atoms with van der Waals surface area (Å²) in [6, 6.07) is 19.3. The van der Waals surface area contributed by atoms with E-state index in [2.05, 4.69) is 58.3 Å². The van der Waals surface area contributed by atoms with Crippen molar-refractivity contribution in [1.82, 2.24) is 0 Å². The molecule has 2 aromatic carbocycles. The van der Waals surface area contributed by atoms with Crippen LogP contribution in [-0.4, -0.2) is 40.1 Å². The van der Waals surface area contributed by atoms with E-state index in [1.165, 1.54) is 166 Å². The van der Waals surface area contributed by atoms with Crippen molar-refractivity contribution in [3.63, 3.8) is 0 Å². The molecule has 0 aromatic heterocycles. The highest BCUT2D eigenvalue weighted by Gasteiger charge is 2.15. The zero-order valence-corrected chi connectivity index (χ0v) is 34.2. The summed E-state index contributed by atoms with van der Waals surface area (Å²) in [4.78, 5) is 0.238. The normalized spacial score (nSPS) is 11.8. The van der Waals surface area contributed by atoms with Gasteiger partial charge in [0, 0.05) is 5.56 Å². The van der Waals surface area contributed by atoms with Gasteiger partial charge in [-0.25, -0.2) is 0 Å². The molecule has 0 radical (unpaired) electrons. The summed E-state index contributed by atoms with van der Waals surface area (Å²) in [5.41, 5.74) is 1.46. The van der Waals surface area contributed by atoms with Crippen molar-refractivity contribution in [3.05, 3.63) is 66.2 Å². The maximum Gasteiger partial charge on any atom is 0.296 e. The van der Waals surface area contributed by atoms with Crippen LogP contribution in [0.15, 0.2) is 65.6 Å². The average molecular weight is 715 g/mol. The minimum absolute atomic E-state index is 0.238. The van der Waals surface area contributed by atoms with Crippen LogP contribution in [0.1, 0.15) is 186 Å². The minimum atomic E-state index is -3.57. The molecule has 0 aliphatic carbocycles. The van der Waals surface area contributed by atoms with Crippen molar-refractivity contribution in [2.24, 2.45) is 0 Å². The smallest absolute Gasteiger partial charge is 0.296 e. The molecule has 288 valence electrons. The van der Waals surface area contributed by atoms with Crippen LogP contribution in [0.25, 0.3) is 0 Å². The number of quaternary nitrogens is 1. The summed E-state index contributed by atoms with van der Waals surface area (Å²) in [5.74, 6) is 0. The van der Waals surface area contributed by atoms with Gasteiger partial charge in [0.25, 0.3) is 10.1 Å². The minimum Gasteiger partial charge on any atom is -0.325 e. The van der Waals surface area contributed by atoms with Crippen LogP contribution in [0.5, 0.6) is 0 Å². The molecule has 5 heteroatoms. The van der Waals surface area contributed by atoms with E-state index >= 15 is 0 Å². The van der Waals surface area contributed by atoms with E-state index in [1.54, 1.807) is 30.3 Å². The highest BCUT2D eigenvalue weighted by atomic mass is 32.2. The Hall–Kier alpha value is -1.69. The van der Waals surface area contributed by atoms with Gasteiger partial charge in [-0.1, -0.05) is 210 Å². The Balaban J connectivity index is 0.000000515. The molecule has 0 bridgehead atoms. The van der Waals surface area contributed by atoms with Gasteiger partial charge in [0.15, 0.2) is 0 Å². The number of nitrogens with zero attached hydrogens (tertiary/aromatic N) is 1. The Morgan fingerprint density at radius 1 is 0.460 bits per heavy atom. The molecule has 50 heavy (non-hydrogen) atoms. The van der Waals surface area contributed by atoms with Gasteiger partial charge in [0.1, 0.15) is 6.54 Å². The Morgan fingerprint density at radius 3 is 1.20 bits per heavy atom. The SMILES string of the molecule is CCCCCCCCCCCCCCCCCC[N+](C)(C)Cc1ccccc1.CCCCCCCCCCCCOS(=O)(=O)c1ccccc1. The monoisotopic (exact) mass is 715 g/mol. The number of unbranched alkanes of at least 4 members (excludes halogenated alkanes) is 24. The summed E-state index contributed by atoms with van der Waals surface area (Å²) < 4.78 is 29.9. The highest BCUT2D eigenvalue weighted by molar-refractivity contribution is 7.86. The second-order valence-electron chi connectivity index (χ2n) is 15.4. The fourth-order valence-electron chi connectivity index (χ4n) is 6.66. The lowest BCUT2D eigenvalue weighted by Gasteiger charge is -2.30. The number of benzene rings is 2. The third kappa shape index (κ3) is 28.0. The van der Waals surface area contributed by atoms with Gasteiger partial charge < -0.3 is 4.48 Å².